The lowest BCUT2D eigenvalue weighted by molar-refractivity contribution is -0.384. The average Bonchev–Trinajstić information content (AvgIpc) is 2.16. The zero-order chi connectivity index (χ0) is 11.4. The van der Waals surface area contributed by atoms with Gasteiger partial charge in [-0.25, -0.2) is 4.99 Å². The molecule has 7 nitrogen and oxygen atoms in total. The second-order valence-corrected chi connectivity index (χ2v) is 2.62. The van der Waals surface area contributed by atoms with Gasteiger partial charge in [-0.3, -0.25) is 10.1 Å². The predicted octanol–water partition coefficient (Wildman–Crippen LogP) is 0.508. The van der Waals surface area contributed by atoms with Crippen LogP contribution in [0.5, 0.6) is 5.75 Å². The quantitative estimate of drug-likeness (QED) is 0.326. The summed E-state index contributed by atoms with van der Waals surface area (Å²) in [6, 6.07) is 4.32. The van der Waals surface area contributed by atoms with Crippen LogP contribution >= 0.6 is 0 Å². The molecule has 0 unspecified atom stereocenters. The molecular formula is C8H10N4O3. The number of nitro groups is 1. The van der Waals surface area contributed by atoms with Gasteiger partial charge in [0.05, 0.1) is 12.0 Å². The van der Waals surface area contributed by atoms with Crippen molar-refractivity contribution < 1.29 is 9.66 Å². The van der Waals surface area contributed by atoms with Crippen molar-refractivity contribution in [2.75, 3.05) is 7.11 Å². The SMILES string of the molecule is COc1cccc([N+](=O)[O-])c1N=C(N)N. The molecule has 0 radical (unpaired) electrons. The molecule has 1 aromatic carbocycles. The Morgan fingerprint density at radius 2 is 2.20 bits per heavy atom. The number of hydrogen-bond donors (Lipinski definition) is 2. The fourth-order valence-corrected chi connectivity index (χ4v) is 1.06. The van der Waals surface area contributed by atoms with E-state index in [-0.39, 0.29) is 23.1 Å². The van der Waals surface area contributed by atoms with Crippen molar-refractivity contribution in [3.8, 4) is 5.75 Å². The fraction of sp³-hybridized carbons (Fsp3) is 0.125. The normalized spacial score (nSPS) is 9.40. The Morgan fingerprint density at radius 1 is 1.53 bits per heavy atom. The molecule has 7 heteroatoms. The molecule has 0 saturated heterocycles. The highest BCUT2D eigenvalue weighted by Crippen LogP contribution is 2.36. The van der Waals surface area contributed by atoms with E-state index in [1.807, 2.05) is 0 Å². The molecule has 15 heavy (non-hydrogen) atoms. The highest BCUT2D eigenvalue weighted by Gasteiger charge is 2.17. The van der Waals surface area contributed by atoms with E-state index in [0.717, 1.165) is 0 Å². The van der Waals surface area contributed by atoms with Gasteiger partial charge in [0.1, 0.15) is 0 Å². The first kappa shape index (κ1) is 10.8. The zero-order valence-corrected chi connectivity index (χ0v) is 8.01. The molecule has 0 fully saturated rings. The zero-order valence-electron chi connectivity index (χ0n) is 8.01. The summed E-state index contributed by atoms with van der Waals surface area (Å²) in [6.07, 6.45) is 0. The van der Waals surface area contributed by atoms with Crippen molar-refractivity contribution in [2.45, 2.75) is 0 Å². The molecule has 80 valence electrons. The van der Waals surface area contributed by atoms with Crippen molar-refractivity contribution in [1.29, 1.82) is 0 Å². The Kier molecular flexibility index (Phi) is 3.06. The molecule has 0 aliphatic rings. The average molecular weight is 210 g/mol. The monoisotopic (exact) mass is 210 g/mol. The number of nitrogens with two attached hydrogens (primary N) is 2. The van der Waals surface area contributed by atoms with Crippen LogP contribution in [0.1, 0.15) is 0 Å². The number of para-hydroxylation sites is 1. The van der Waals surface area contributed by atoms with E-state index < -0.39 is 4.92 Å². The van der Waals surface area contributed by atoms with Crippen LogP contribution in [-0.4, -0.2) is 18.0 Å². The van der Waals surface area contributed by atoms with E-state index in [4.69, 9.17) is 16.2 Å². The molecule has 0 atom stereocenters. The predicted molar refractivity (Wildman–Crippen MR) is 55.1 cm³/mol. The third-order valence-corrected chi connectivity index (χ3v) is 1.64. The van der Waals surface area contributed by atoms with Crippen LogP contribution in [0.15, 0.2) is 23.2 Å². The van der Waals surface area contributed by atoms with Crippen molar-refractivity contribution >= 4 is 17.3 Å². The van der Waals surface area contributed by atoms with E-state index in [1.54, 1.807) is 0 Å². The molecule has 0 saturated carbocycles. The molecule has 0 aliphatic carbocycles. The van der Waals surface area contributed by atoms with Crippen molar-refractivity contribution in [3.63, 3.8) is 0 Å². The van der Waals surface area contributed by atoms with Crippen molar-refractivity contribution in [1.82, 2.24) is 0 Å². The lowest BCUT2D eigenvalue weighted by Crippen LogP contribution is -2.22. The second-order valence-electron chi connectivity index (χ2n) is 2.62. The van der Waals surface area contributed by atoms with Crippen molar-refractivity contribution in [3.05, 3.63) is 28.3 Å². The number of methoxy groups -OCH3 is 1. The number of ether oxygens (including phenoxy) is 1. The molecule has 0 heterocycles. The molecular weight excluding hydrogens is 200 g/mol. The van der Waals surface area contributed by atoms with Gasteiger partial charge in [0, 0.05) is 6.07 Å². The highest BCUT2D eigenvalue weighted by molar-refractivity contribution is 5.82. The van der Waals surface area contributed by atoms with Crippen LogP contribution in [0.4, 0.5) is 11.4 Å². The summed E-state index contributed by atoms with van der Waals surface area (Å²) in [4.78, 5) is 13.7. The Hall–Kier alpha value is -2.31. The topological polar surface area (TPSA) is 117 Å². The minimum Gasteiger partial charge on any atom is -0.494 e. The van der Waals surface area contributed by atoms with Crippen LogP contribution in [0.3, 0.4) is 0 Å². The van der Waals surface area contributed by atoms with Gasteiger partial charge in [-0.1, -0.05) is 6.07 Å². The lowest BCUT2D eigenvalue weighted by atomic mass is 10.2. The largest absolute Gasteiger partial charge is 0.494 e. The number of nitro benzene ring substituents is 1. The number of rotatable bonds is 3. The minimum atomic E-state index is -0.579. The smallest absolute Gasteiger partial charge is 0.298 e. The summed E-state index contributed by atoms with van der Waals surface area (Å²) < 4.78 is 4.91. The number of benzene rings is 1. The molecule has 0 aliphatic heterocycles. The molecule has 0 aromatic heterocycles. The maximum atomic E-state index is 10.7. The number of hydrogen-bond acceptors (Lipinski definition) is 4. The lowest BCUT2D eigenvalue weighted by Gasteiger charge is -2.04. The summed E-state index contributed by atoms with van der Waals surface area (Å²) in [5, 5.41) is 10.7. The van der Waals surface area contributed by atoms with Crippen LogP contribution < -0.4 is 16.2 Å². The molecule has 0 spiro atoms. The number of guanidine groups is 1. The summed E-state index contributed by atoms with van der Waals surface area (Å²) in [7, 11) is 1.38. The van der Waals surface area contributed by atoms with Gasteiger partial charge in [-0.2, -0.15) is 0 Å². The maximum Gasteiger partial charge on any atom is 0.298 e. The van der Waals surface area contributed by atoms with Gasteiger partial charge in [-0.15, -0.1) is 0 Å². The molecule has 0 bridgehead atoms. The van der Waals surface area contributed by atoms with E-state index in [2.05, 4.69) is 4.99 Å². The van der Waals surface area contributed by atoms with Gasteiger partial charge in [-0.05, 0) is 6.07 Å². The first-order valence-electron chi connectivity index (χ1n) is 3.97. The minimum absolute atomic E-state index is 0.0185. The first-order chi connectivity index (χ1) is 7.06. The highest BCUT2D eigenvalue weighted by atomic mass is 16.6. The van der Waals surface area contributed by atoms with E-state index in [1.165, 1.54) is 25.3 Å². The molecule has 0 amide bonds. The Balaban J connectivity index is 3.40. The van der Waals surface area contributed by atoms with Gasteiger partial charge in [0.25, 0.3) is 5.69 Å². The first-order valence-corrected chi connectivity index (χ1v) is 3.97. The van der Waals surface area contributed by atoms with Crippen LogP contribution in [0.2, 0.25) is 0 Å². The van der Waals surface area contributed by atoms with E-state index in [0.29, 0.717) is 0 Å². The van der Waals surface area contributed by atoms with E-state index >= 15 is 0 Å². The number of nitrogens with zero attached hydrogens (tertiary/aromatic N) is 2. The van der Waals surface area contributed by atoms with E-state index in [9.17, 15) is 10.1 Å². The van der Waals surface area contributed by atoms with Gasteiger partial charge >= 0.3 is 0 Å². The third-order valence-electron chi connectivity index (χ3n) is 1.64. The third kappa shape index (κ3) is 2.33. The van der Waals surface area contributed by atoms with Crippen molar-refractivity contribution in [2.24, 2.45) is 16.5 Å². The summed E-state index contributed by atoms with van der Waals surface area (Å²) in [6.45, 7) is 0. The molecule has 1 rings (SSSR count). The van der Waals surface area contributed by atoms with Gasteiger partial charge in [0.15, 0.2) is 17.4 Å². The van der Waals surface area contributed by atoms with Crippen LogP contribution in [0.25, 0.3) is 0 Å². The number of aliphatic imine (C=N–C) groups is 1. The second kappa shape index (κ2) is 4.27. The molecule has 1 aromatic rings. The maximum absolute atomic E-state index is 10.7. The fourth-order valence-electron chi connectivity index (χ4n) is 1.06. The summed E-state index contributed by atoms with van der Waals surface area (Å²) in [5.41, 5.74) is 10.1. The molecule has 4 N–H and O–H groups in total. The summed E-state index contributed by atoms with van der Waals surface area (Å²) in [5.74, 6) is -0.0137. The Bertz CT molecular complexity index is 412. The Labute approximate surface area is 85.5 Å². The standard InChI is InChI=1S/C8H10N4O3/c1-15-6-4-2-3-5(12(13)14)7(6)11-8(9)10/h2-4H,1H3,(H4,9,10,11). The Morgan fingerprint density at radius 3 is 2.67 bits per heavy atom. The van der Waals surface area contributed by atoms with Crippen LogP contribution in [-0.2, 0) is 0 Å². The van der Waals surface area contributed by atoms with Gasteiger partial charge < -0.3 is 16.2 Å². The van der Waals surface area contributed by atoms with Gasteiger partial charge in [0.2, 0.25) is 0 Å². The summed E-state index contributed by atoms with van der Waals surface area (Å²) >= 11 is 0. The van der Waals surface area contributed by atoms with Crippen LogP contribution in [0, 0.1) is 10.1 Å².